The van der Waals surface area contributed by atoms with Crippen molar-refractivity contribution in [2.45, 2.75) is 45.7 Å². The Hall–Kier alpha value is 0.107. The molecule has 0 atom stereocenters. The van der Waals surface area contributed by atoms with Gasteiger partial charge in [-0.15, -0.1) is 0 Å². The van der Waals surface area contributed by atoms with Crippen molar-refractivity contribution in [2.75, 3.05) is 0 Å². The Balaban J connectivity index is 4.03. The zero-order valence-electron chi connectivity index (χ0n) is 8.97. The van der Waals surface area contributed by atoms with Gasteiger partial charge in [-0.3, -0.25) is 0 Å². The Bertz CT molecular complexity index is 158. The Morgan fingerprint density at radius 2 is 1.83 bits per heavy atom. The largest absolute Gasteiger partial charge is 0.540 e. The summed E-state index contributed by atoms with van der Waals surface area (Å²) in [4.78, 5) is 0. The topological polar surface area (TPSA) is 9.23 Å². The van der Waals surface area contributed by atoms with Gasteiger partial charge in [0.2, 0.25) is 8.32 Å². The molecule has 0 N–H and O–H groups in total. The van der Waals surface area contributed by atoms with Gasteiger partial charge in [-0.2, -0.15) is 0 Å². The lowest BCUT2D eigenvalue weighted by Gasteiger charge is -2.22. The molecule has 12 heavy (non-hydrogen) atoms. The van der Waals surface area contributed by atoms with E-state index in [9.17, 15) is 0 Å². The normalized spacial score (nSPS) is 13.8. The first-order chi connectivity index (χ1) is 5.35. The van der Waals surface area contributed by atoms with Crippen LogP contribution < -0.4 is 0 Å². The number of rotatable bonds is 4. The molecule has 0 aromatic rings. The van der Waals surface area contributed by atoms with E-state index in [0.29, 0.717) is 5.25 Å². The Morgan fingerprint density at radius 3 is 2.08 bits per heavy atom. The van der Waals surface area contributed by atoms with Crippen molar-refractivity contribution in [1.82, 2.24) is 0 Å². The molecule has 0 radical (unpaired) electrons. The lowest BCUT2D eigenvalue weighted by Crippen LogP contribution is -2.24. The lowest BCUT2D eigenvalue weighted by atomic mass is 10.6. The van der Waals surface area contributed by atoms with E-state index >= 15 is 0 Å². The molecule has 0 aliphatic carbocycles. The Labute approximate surface area is 81.7 Å². The van der Waals surface area contributed by atoms with Crippen LogP contribution in [0, 0.1) is 0 Å². The van der Waals surface area contributed by atoms with Gasteiger partial charge in [0.25, 0.3) is 0 Å². The van der Waals surface area contributed by atoms with Gasteiger partial charge in [0, 0.05) is 5.25 Å². The fraction of sp³-hybridized carbons (Fsp3) is 0.778. The minimum Gasteiger partial charge on any atom is -0.540 e. The van der Waals surface area contributed by atoms with Crippen molar-refractivity contribution in [1.29, 1.82) is 0 Å². The van der Waals surface area contributed by atoms with Crippen molar-refractivity contribution in [3.8, 4) is 0 Å². The average Bonchev–Trinajstić information content (AvgIpc) is 1.82. The molecular weight excluding hydrogens is 184 g/mol. The maximum Gasteiger partial charge on any atom is 0.242 e. The number of hydrogen-bond acceptors (Lipinski definition) is 2. The molecular formula is C9H20OSSi. The SMILES string of the molecule is C/C=C(\O[Si](C)(C)C)SC(C)C. The zero-order chi connectivity index (χ0) is 9.78. The molecule has 0 aliphatic rings. The highest BCUT2D eigenvalue weighted by atomic mass is 32.2. The van der Waals surface area contributed by atoms with Crippen LogP contribution in [-0.4, -0.2) is 13.6 Å². The monoisotopic (exact) mass is 204 g/mol. The molecule has 0 amide bonds. The number of hydrogen-bond donors (Lipinski definition) is 0. The molecule has 1 nitrogen and oxygen atoms in total. The fourth-order valence-corrected chi connectivity index (χ4v) is 2.95. The van der Waals surface area contributed by atoms with Crippen LogP contribution in [0.25, 0.3) is 0 Å². The number of thioether (sulfide) groups is 1. The van der Waals surface area contributed by atoms with Gasteiger partial charge in [-0.25, -0.2) is 0 Å². The van der Waals surface area contributed by atoms with Crippen LogP contribution >= 0.6 is 11.8 Å². The molecule has 0 spiro atoms. The third kappa shape index (κ3) is 6.79. The van der Waals surface area contributed by atoms with Crippen molar-refractivity contribution >= 4 is 20.1 Å². The van der Waals surface area contributed by atoms with E-state index in [1.165, 1.54) is 0 Å². The maximum absolute atomic E-state index is 5.86. The van der Waals surface area contributed by atoms with Gasteiger partial charge in [0.05, 0.1) is 0 Å². The minimum absolute atomic E-state index is 0.604. The molecule has 3 heteroatoms. The first kappa shape index (κ1) is 12.1. The molecule has 0 heterocycles. The highest BCUT2D eigenvalue weighted by Crippen LogP contribution is 2.25. The smallest absolute Gasteiger partial charge is 0.242 e. The quantitative estimate of drug-likeness (QED) is 0.508. The molecule has 0 unspecified atom stereocenters. The minimum atomic E-state index is -1.40. The van der Waals surface area contributed by atoms with Crippen molar-refractivity contribution in [2.24, 2.45) is 0 Å². The van der Waals surface area contributed by atoms with Crippen LogP contribution in [0.4, 0.5) is 0 Å². The molecule has 0 fully saturated rings. The van der Waals surface area contributed by atoms with E-state index in [1.807, 2.05) is 6.92 Å². The molecule has 0 saturated heterocycles. The summed E-state index contributed by atoms with van der Waals surface area (Å²) >= 11 is 1.80. The molecule has 0 aromatic carbocycles. The van der Waals surface area contributed by atoms with Crippen LogP contribution in [0.5, 0.6) is 0 Å². The Kier molecular flexibility index (Phi) is 5.02. The second kappa shape index (κ2) is 4.97. The third-order valence-corrected chi connectivity index (χ3v) is 3.00. The molecule has 0 saturated carbocycles. The molecule has 0 bridgehead atoms. The highest BCUT2D eigenvalue weighted by molar-refractivity contribution is 8.03. The van der Waals surface area contributed by atoms with E-state index in [0.717, 1.165) is 5.09 Å². The van der Waals surface area contributed by atoms with Crippen LogP contribution in [0.1, 0.15) is 20.8 Å². The van der Waals surface area contributed by atoms with Crippen molar-refractivity contribution < 1.29 is 4.43 Å². The summed E-state index contributed by atoms with van der Waals surface area (Å²) < 4.78 is 5.86. The summed E-state index contributed by atoms with van der Waals surface area (Å²) in [5, 5.41) is 1.69. The molecule has 72 valence electrons. The van der Waals surface area contributed by atoms with Crippen molar-refractivity contribution in [3.63, 3.8) is 0 Å². The zero-order valence-corrected chi connectivity index (χ0v) is 10.8. The van der Waals surface area contributed by atoms with Gasteiger partial charge in [0.1, 0.15) is 5.09 Å². The average molecular weight is 204 g/mol. The van der Waals surface area contributed by atoms with Crippen LogP contribution in [0.15, 0.2) is 11.2 Å². The Morgan fingerprint density at radius 1 is 1.33 bits per heavy atom. The standard InChI is InChI=1S/C9H20OSSi/c1-7-9(11-8(2)3)10-12(4,5)6/h7-8H,1-6H3/b9-7+. The van der Waals surface area contributed by atoms with E-state index in [-0.39, 0.29) is 0 Å². The van der Waals surface area contributed by atoms with Gasteiger partial charge in [0.15, 0.2) is 0 Å². The highest BCUT2D eigenvalue weighted by Gasteiger charge is 2.17. The molecule has 0 aliphatic heterocycles. The first-order valence-electron chi connectivity index (χ1n) is 4.37. The fourth-order valence-electron chi connectivity index (χ4n) is 0.685. The predicted molar refractivity (Wildman–Crippen MR) is 60.9 cm³/mol. The third-order valence-electron chi connectivity index (χ3n) is 0.994. The summed E-state index contributed by atoms with van der Waals surface area (Å²) in [5.74, 6) is 0. The maximum atomic E-state index is 5.86. The summed E-state index contributed by atoms with van der Waals surface area (Å²) in [6.45, 7) is 13.0. The van der Waals surface area contributed by atoms with Crippen LogP contribution in [0.2, 0.25) is 19.6 Å². The van der Waals surface area contributed by atoms with E-state index in [4.69, 9.17) is 4.43 Å². The van der Waals surface area contributed by atoms with Crippen LogP contribution in [0.3, 0.4) is 0 Å². The van der Waals surface area contributed by atoms with E-state index in [2.05, 4.69) is 39.6 Å². The van der Waals surface area contributed by atoms with Gasteiger partial charge in [-0.05, 0) is 32.6 Å². The summed E-state index contributed by atoms with van der Waals surface area (Å²) in [5.41, 5.74) is 0. The van der Waals surface area contributed by atoms with E-state index < -0.39 is 8.32 Å². The first-order valence-corrected chi connectivity index (χ1v) is 8.66. The van der Waals surface area contributed by atoms with Crippen LogP contribution in [-0.2, 0) is 4.43 Å². The summed E-state index contributed by atoms with van der Waals surface area (Å²) in [6.07, 6.45) is 2.06. The lowest BCUT2D eigenvalue weighted by molar-refractivity contribution is 0.462. The summed E-state index contributed by atoms with van der Waals surface area (Å²) in [7, 11) is -1.40. The van der Waals surface area contributed by atoms with Crippen molar-refractivity contribution in [3.05, 3.63) is 11.2 Å². The second-order valence-corrected chi connectivity index (χ2v) is 10.00. The second-order valence-electron chi connectivity index (χ2n) is 3.99. The van der Waals surface area contributed by atoms with Gasteiger partial charge in [-0.1, -0.05) is 25.6 Å². The van der Waals surface area contributed by atoms with Gasteiger partial charge >= 0.3 is 0 Å². The van der Waals surface area contributed by atoms with E-state index in [1.54, 1.807) is 11.8 Å². The van der Waals surface area contributed by atoms with Gasteiger partial charge < -0.3 is 4.43 Å². The molecule has 0 rings (SSSR count). The summed E-state index contributed by atoms with van der Waals surface area (Å²) in [6, 6.07) is 0. The predicted octanol–water partition coefficient (Wildman–Crippen LogP) is 3.84. The molecule has 0 aromatic heterocycles. The number of allylic oxidation sites excluding steroid dienone is 1.